The molecule has 0 atom stereocenters. The molecule has 176 valence electrons. The molecule has 5 rings (SSSR count). The Morgan fingerprint density at radius 1 is 1.06 bits per heavy atom. The zero-order valence-electron chi connectivity index (χ0n) is 18.8. The fraction of sp³-hybridized carbons (Fsp3) is 0.0741. The summed E-state index contributed by atoms with van der Waals surface area (Å²) < 4.78 is 13.2. The number of halogens is 1. The molecule has 3 aromatic carbocycles. The lowest BCUT2D eigenvalue weighted by Crippen LogP contribution is -2.11. The van der Waals surface area contributed by atoms with E-state index in [0.29, 0.717) is 24.2 Å². The van der Waals surface area contributed by atoms with E-state index < -0.39 is 5.82 Å². The Hall–Kier alpha value is -4.17. The summed E-state index contributed by atoms with van der Waals surface area (Å²) in [5, 5.41) is 14.6. The summed E-state index contributed by atoms with van der Waals surface area (Å²) in [5.74, 6) is -1.09. The molecule has 0 unspecified atom stereocenters. The van der Waals surface area contributed by atoms with Gasteiger partial charge in [-0.05, 0) is 66.6 Å². The van der Waals surface area contributed by atoms with Crippen LogP contribution in [0.4, 0.5) is 10.1 Å². The van der Waals surface area contributed by atoms with Gasteiger partial charge in [-0.25, -0.2) is 4.39 Å². The standard InChI is InChI=1S/C14H11NOS.C13H11FN2O2/c1-9-6-7-13-11(8-9)15-14(16)10-4-2-3-5-12(10)17-13;14-11-5-10(2-4-13(11)18)12-3-1-9(7-16-12)6-15-8-17/h2-8H,1H3,(H,15,16);1-5,7-8,18H,6H2,(H,15,17). The van der Waals surface area contributed by atoms with E-state index in [0.717, 1.165) is 32.2 Å². The third-order valence-corrected chi connectivity index (χ3v) is 6.34. The first kappa shape index (κ1) is 24.0. The SMILES string of the molecule is Cc1ccc2c(c1)NC(=O)c1ccccc1S2.O=CNCc1ccc(-c2ccc(O)c(F)c2)nc1. The number of nitrogens with zero attached hydrogens (tertiary/aromatic N) is 1. The molecular formula is C27H22FN3O3S. The van der Waals surface area contributed by atoms with Gasteiger partial charge in [0.1, 0.15) is 0 Å². The summed E-state index contributed by atoms with van der Waals surface area (Å²) in [6.45, 7) is 2.43. The zero-order chi connectivity index (χ0) is 24.8. The van der Waals surface area contributed by atoms with E-state index in [-0.39, 0.29) is 11.7 Å². The molecule has 0 spiro atoms. The van der Waals surface area contributed by atoms with Crippen LogP contribution < -0.4 is 10.6 Å². The highest BCUT2D eigenvalue weighted by Crippen LogP contribution is 2.38. The lowest BCUT2D eigenvalue weighted by molar-refractivity contribution is -0.109. The van der Waals surface area contributed by atoms with Crippen molar-refractivity contribution in [2.24, 2.45) is 0 Å². The van der Waals surface area contributed by atoms with Gasteiger partial charge in [-0.3, -0.25) is 14.6 Å². The second-order valence-electron chi connectivity index (χ2n) is 7.77. The smallest absolute Gasteiger partial charge is 0.256 e. The molecule has 2 heterocycles. The van der Waals surface area contributed by atoms with Gasteiger partial charge in [0.05, 0.1) is 16.9 Å². The lowest BCUT2D eigenvalue weighted by Gasteiger charge is -2.06. The minimum Gasteiger partial charge on any atom is -0.505 e. The normalized spacial score (nSPS) is 11.7. The molecule has 1 aromatic heterocycles. The summed E-state index contributed by atoms with van der Waals surface area (Å²) in [6, 6.07) is 21.4. The Labute approximate surface area is 206 Å². The van der Waals surface area contributed by atoms with Crippen molar-refractivity contribution in [2.75, 3.05) is 5.32 Å². The van der Waals surface area contributed by atoms with Gasteiger partial charge in [0, 0.05) is 28.1 Å². The first-order valence-electron chi connectivity index (χ1n) is 10.7. The van der Waals surface area contributed by atoms with Crippen LogP contribution >= 0.6 is 11.8 Å². The molecule has 6 nitrogen and oxygen atoms in total. The second kappa shape index (κ2) is 10.8. The van der Waals surface area contributed by atoms with Crippen molar-refractivity contribution in [1.82, 2.24) is 10.3 Å². The number of hydrogen-bond donors (Lipinski definition) is 3. The minimum absolute atomic E-state index is 0.0301. The van der Waals surface area contributed by atoms with Crippen LogP contribution in [-0.4, -0.2) is 22.4 Å². The van der Waals surface area contributed by atoms with Crippen LogP contribution in [0.15, 0.2) is 88.8 Å². The average Bonchev–Trinajstić information content (AvgIpc) is 3.00. The van der Waals surface area contributed by atoms with Crippen molar-refractivity contribution in [1.29, 1.82) is 0 Å². The van der Waals surface area contributed by atoms with Crippen LogP contribution in [0, 0.1) is 12.7 Å². The quantitative estimate of drug-likeness (QED) is 0.328. The van der Waals surface area contributed by atoms with Gasteiger partial charge in [-0.2, -0.15) is 0 Å². The van der Waals surface area contributed by atoms with Crippen molar-refractivity contribution in [3.63, 3.8) is 0 Å². The Kier molecular flexibility index (Phi) is 7.42. The Morgan fingerprint density at radius 2 is 1.89 bits per heavy atom. The molecule has 4 aromatic rings. The van der Waals surface area contributed by atoms with Gasteiger partial charge < -0.3 is 15.7 Å². The van der Waals surface area contributed by atoms with Crippen LogP contribution in [0.5, 0.6) is 5.75 Å². The van der Waals surface area contributed by atoms with Crippen molar-refractivity contribution in [3.8, 4) is 17.0 Å². The summed E-state index contributed by atoms with van der Waals surface area (Å²) in [4.78, 5) is 28.5. The number of nitrogens with one attached hydrogen (secondary N) is 2. The van der Waals surface area contributed by atoms with Gasteiger partial charge in [0.25, 0.3) is 5.91 Å². The molecule has 1 aliphatic heterocycles. The third kappa shape index (κ3) is 5.85. The number of benzene rings is 3. The number of phenolic OH excluding ortho intramolecular Hbond substituents is 1. The number of amides is 2. The summed E-state index contributed by atoms with van der Waals surface area (Å²) in [6.07, 6.45) is 2.22. The number of carbonyl (C=O) groups is 2. The number of anilines is 1. The van der Waals surface area contributed by atoms with Crippen molar-refractivity contribution < 1.29 is 19.1 Å². The Morgan fingerprint density at radius 3 is 2.63 bits per heavy atom. The molecule has 2 amide bonds. The Bertz CT molecular complexity index is 1380. The van der Waals surface area contributed by atoms with Gasteiger partial charge in [-0.15, -0.1) is 0 Å². The van der Waals surface area contributed by atoms with E-state index >= 15 is 0 Å². The maximum Gasteiger partial charge on any atom is 0.256 e. The van der Waals surface area contributed by atoms with Crippen LogP contribution in [-0.2, 0) is 11.3 Å². The second-order valence-corrected chi connectivity index (χ2v) is 8.85. The van der Waals surface area contributed by atoms with E-state index in [2.05, 4.69) is 27.8 Å². The Balaban J connectivity index is 0.000000165. The molecule has 35 heavy (non-hydrogen) atoms. The highest BCUT2D eigenvalue weighted by atomic mass is 32.2. The van der Waals surface area contributed by atoms with Crippen LogP contribution in [0.2, 0.25) is 0 Å². The van der Waals surface area contributed by atoms with Gasteiger partial charge in [-0.1, -0.05) is 36.0 Å². The van der Waals surface area contributed by atoms with E-state index in [1.807, 2.05) is 37.3 Å². The minimum atomic E-state index is -0.680. The van der Waals surface area contributed by atoms with Gasteiger partial charge in [0.2, 0.25) is 6.41 Å². The molecule has 8 heteroatoms. The maximum absolute atomic E-state index is 13.2. The molecule has 0 bridgehead atoms. The molecule has 0 aliphatic carbocycles. The predicted molar refractivity (Wildman–Crippen MR) is 134 cm³/mol. The van der Waals surface area contributed by atoms with Crippen LogP contribution in [0.3, 0.4) is 0 Å². The molecule has 3 N–H and O–H groups in total. The zero-order valence-corrected chi connectivity index (χ0v) is 19.6. The molecule has 0 radical (unpaired) electrons. The summed E-state index contributed by atoms with van der Waals surface area (Å²) in [5.41, 5.74) is 4.83. The number of hydrogen-bond acceptors (Lipinski definition) is 5. The average molecular weight is 488 g/mol. The van der Waals surface area contributed by atoms with Crippen LogP contribution in [0.25, 0.3) is 11.3 Å². The van der Waals surface area contributed by atoms with Crippen molar-refractivity contribution in [3.05, 3.63) is 102 Å². The highest BCUT2D eigenvalue weighted by molar-refractivity contribution is 7.99. The number of rotatable bonds is 4. The van der Waals surface area contributed by atoms with E-state index in [1.165, 1.54) is 12.1 Å². The van der Waals surface area contributed by atoms with Gasteiger partial charge in [0.15, 0.2) is 11.6 Å². The number of aromatic hydroxyl groups is 1. The maximum atomic E-state index is 13.2. The fourth-order valence-electron chi connectivity index (χ4n) is 3.41. The first-order chi connectivity index (χ1) is 16.9. The molecule has 1 aliphatic rings. The van der Waals surface area contributed by atoms with Crippen molar-refractivity contribution in [2.45, 2.75) is 23.3 Å². The number of carbonyl (C=O) groups excluding carboxylic acids is 2. The monoisotopic (exact) mass is 487 g/mol. The number of phenols is 1. The number of fused-ring (bicyclic) bond motifs is 2. The topological polar surface area (TPSA) is 91.3 Å². The van der Waals surface area contributed by atoms with E-state index in [9.17, 15) is 14.0 Å². The van der Waals surface area contributed by atoms with Crippen LogP contribution in [0.1, 0.15) is 21.5 Å². The van der Waals surface area contributed by atoms with E-state index in [1.54, 1.807) is 36.2 Å². The largest absolute Gasteiger partial charge is 0.505 e. The molecule has 0 saturated heterocycles. The first-order valence-corrected chi connectivity index (χ1v) is 11.6. The number of aromatic nitrogens is 1. The number of aryl methyl sites for hydroxylation is 1. The van der Waals surface area contributed by atoms with Gasteiger partial charge >= 0.3 is 0 Å². The third-order valence-electron chi connectivity index (χ3n) is 5.19. The highest BCUT2D eigenvalue weighted by Gasteiger charge is 2.19. The summed E-state index contributed by atoms with van der Waals surface area (Å²) >= 11 is 1.63. The number of pyridine rings is 1. The summed E-state index contributed by atoms with van der Waals surface area (Å²) in [7, 11) is 0. The molecular weight excluding hydrogens is 465 g/mol. The fourth-order valence-corrected chi connectivity index (χ4v) is 4.42. The lowest BCUT2D eigenvalue weighted by atomic mass is 10.1. The molecule has 0 saturated carbocycles. The predicted octanol–water partition coefficient (Wildman–Crippen LogP) is 5.55. The van der Waals surface area contributed by atoms with E-state index in [4.69, 9.17) is 5.11 Å². The van der Waals surface area contributed by atoms with Crippen molar-refractivity contribution >= 4 is 29.8 Å². The molecule has 0 fully saturated rings.